The van der Waals surface area contributed by atoms with E-state index < -0.39 is 6.04 Å². The molecule has 7 heteroatoms. The molecule has 1 atom stereocenters. The Kier molecular flexibility index (Phi) is 7.82. The van der Waals surface area contributed by atoms with Crippen LogP contribution in [0.25, 0.3) is 0 Å². The van der Waals surface area contributed by atoms with Crippen LogP contribution in [-0.2, 0) is 11.3 Å². The summed E-state index contributed by atoms with van der Waals surface area (Å²) in [6, 6.07) is 3.08. The van der Waals surface area contributed by atoms with E-state index >= 15 is 0 Å². The Morgan fingerprint density at radius 2 is 1.89 bits per heavy atom. The molecule has 0 aromatic heterocycles. The predicted octanol–water partition coefficient (Wildman–Crippen LogP) is 1.85. The Morgan fingerprint density at radius 3 is 2.37 bits per heavy atom. The lowest BCUT2D eigenvalue weighted by molar-refractivity contribution is -0.122. The highest BCUT2D eigenvalue weighted by Crippen LogP contribution is 2.33. The zero-order valence-corrected chi connectivity index (χ0v) is 13.4. The first kappa shape index (κ1) is 18.0. The SMILES string of the molecule is COc1cc(Br)c(CNC(=O)[C@@H](C)N)cc1OC.Cl. The third-order valence-electron chi connectivity index (χ3n) is 2.42. The normalized spacial score (nSPS) is 11.2. The van der Waals surface area contributed by atoms with Crippen molar-refractivity contribution in [3.63, 3.8) is 0 Å². The average Bonchev–Trinajstić information content (AvgIpc) is 2.36. The molecule has 0 heterocycles. The molecule has 1 aromatic rings. The van der Waals surface area contributed by atoms with E-state index in [9.17, 15) is 4.79 Å². The van der Waals surface area contributed by atoms with Crippen LogP contribution in [-0.4, -0.2) is 26.2 Å². The van der Waals surface area contributed by atoms with Crippen molar-refractivity contribution in [3.8, 4) is 11.5 Å². The summed E-state index contributed by atoms with van der Waals surface area (Å²) in [7, 11) is 3.14. The van der Waals surface area contributed by atoms with Gasteiger partial charge >= 0.3 is 0 Å². The molecule has 0 radical (unpaired) electrons. The van der Waals surface area contributed by atoms with E-state index in [0.29, 0.717) is 18.0 Å². The maximum Gasteiger partial charge on any atom is 0.236 e. The molecule has 0 aliphatic heterocycles. The Morgan fingerprint density at radius 1 is 1.37 bits per heavy atom. The van der Waals surface area contributed by atoms with Crippen molar-refractivity contribution in [1.82, 2.24) is 5.32 Å². The highest BCUT2D eigenvalue weighted by molar-refractivity contribution is 9.10. The summed E-state index contributed by atoms with van der Waals surface area (Å²) in [6.07, 6.45) is 0. The number of hydrogen-bond donors (Lipinski definition) is 2. The number of rotatable bonds is 5. The molecule has 0 saturated carbocycles. The lowest BCUT2D eigenvalue weighted by atomic mass is 10.2. The first-order chi connectivity index (χ1) is 8.49. The molecule has 0 unspecified atom stereocenters. The van der Waals surface area contributed by atoms with Gasteiger partial charge in [0.2, 0.25) is 5.91 Å². The van der Waals surface area contributed by atoms with Crippen molar-refractivity contribution in [2.75, 3.05) is 14.2 Å². The topological polar surface area (TPSA) is 73.6 Å². The largest absolute Gasteiger partial charge is 0.493 e. The van der Waals surface area contributed by atoms with Gasteiger partial charge in [-0.05, 0) is 24.6 Å². The molecule has 1 aromatic carbocycles. The molecule has 3 N–H and O–H groups in total. The van der Waals surface area contributed by atoms with Crippen molar-refractivity contribution in [1.29, 1.82) is 0 Å². The summed E-state index contributed by atoms with van der Waals surface area (Å²) in [5.41, 5.74) is 6.36. The summed E-state index contributed by atoms with van der Waals surface area (Å²) in [5.74, 6) is 1.05. The second-order valence-electron chi connectivity index (χ2n) is 3.81. The fourth-order valence-corrected chi connectivity index (χ4v) is 1.84. The minimum Gasteiger partial charge on any atom is -0.493 e. The van der Waals surface area contributed by atoms with Gasteiger partial charge in [-0.3, -0.25) is 4.79 Å². The van der Waals surface area contributed by atoms with Gasteiger partial charge in [-0.25, -0.2) is 0 Å². The quantitative estimate of drug-likeness (QED) is 0.847. The molecule has 1 rings (SSSR count). The van der Waals surface area contributed by atoms with E-state index in [1.807, 2.05) is 6.07 Å². The standard InChI is InChI=1S/C12H17BrN2O3.ClH/c1-7(14)12(16)15-6-8-4-10(17-2)11(18-3)5-9(8)13;/h4-5,7H,6,14H2,1-3H3,(H,15,16);1H/t7-;/m1./s1. The third kappa shape index (κ3) is 4.89. The average molecular weight is 354 g/mol. The molecule has 0 bridgehead atoms. The fraction of sp³-hybridized carbons (Fsp3) is 0.417. The smallest absolute Gasteiger partial charge is 0.236 e. The molecule has 0 aliphatic rings. The number of nitrogens with one attached hydrogen (secondary N) is 1. The summed E-state index contributed by atoms with van der Waals surface area (Å²) in [4.78, 5) is 11.4. The van der Waals surface area contributed by atoms with Gasteiger partial charge in [-0.2, -0.15) is 0 Å². The molecule has 0 aliphatic carbocycles. The summed E-state index contributed by atoms with van der Waals surface area (Å²) in [5, 5.41) is 2.74. The monoisotopic (exact) mass is 352 g/mol. The van der Waals surface area contributed by atoms with Crippen LogP contribution >= 0.6 is 28.3 Å². The Hall–Kier alpha value is -0.980. The van der Waals surface area contributed by atoms with Gasteiger partial charge in [0.05, 0.1) is 20.3 Å². The maximum atomic E-state index is 11.4. The molecular formula is C12H18BrClN2O3. The van der Waals surface area contributed by atoms with Crippen LogP contribution in [0.15, 0.2) is 16.6 Å². The lowest BCUT2D eigenvalue weighted by Crippen LogP contribution is -2.37. The second-order valence-corrected chi connectivity index (χ2v) is 4.66. The molecule has 0 fully saturated rings. The van der Waals surface area contributed by atoms with Crippen molar-refractivity contribution in [2.24, 2.45) is 5.73 Å². The van der Waals surface area contributed by atoms with Crippen LogP contribution in [0.1, 0.15) is 12.5 Å². The zero-order chi connectivity index (χ0) is 13.7. The van der Waals surface area contributed by atoms with E-state index in [-0.39, 0.29) is 18.3 Å². The van der Waals surface area contributed by atoms with Crippen molar-refractivity contribution in [2.45, 2.75) is 19.5 Å². The summed E-state index contributed by atoms with van der Waals surface area (Å²) in [6.45, 7) is 2.01. The molecule has 0 spiro atoms. The van der Waals surface area contributed by atoms with E-state index in [1.165, 1.54) is 0 Å². The summed E-state index contributed by atoms with van der Waals surface area (Å²) >= 11 is 3.42. The molecule has 0 saturated heterocycles. The van der Waals surface area contributed by atoms with Gasteiger partial charge in [-0.1, -0.05) is 15.9 Å². The van der Waals surface area contributed by atoms with Crippen LogP contribution in [0.5, 0.6) is 11.5 Å². The number of hydrogen-bond acceptors (Lipinski definition) is 4. The van der Waals surface area contributed by atoms with Gasteiger partial charge in [0.25, 0.3) is 0 Å². The van der Waals surface area contributed by atoms with Crippen LogP contribution in [0.3, 0.4) is 0 Å². The minimum atomic E-state index is -0.524. The van der Waals surface area contributed by atoms with Crippen LogP contribution in [0, 0.1) is 0 Å². The highest BCUT2D eigenvalue weighted by Gasteiger charge is 2.11. The van der Waals surface area contributed by atoms with Gasteiger partial charge in [0.1, 0.15) is 0 Å². The highest BCUT2D eigenvalue weighted by atomic mass is 79.9. The van der Waals surface area contributed by atoms with E-state index in [0.717, 1.165) is 10.0 Å². The van der Waals surface area contributed by atoms with Crippen molar-refractivity contribution >= 4 is 34.2 Å². The summed E-state index contributed by atoms with van der Waals surface area (Å²) < 4.78 is 11.2. The van der Waals surface area contributed by atoms with Crippen molar-refractivity contribution < 1.29 is 14.3 Å². The number of benzene rings is 1. The molecule has 1 amide bonds. The molecule has 108 valence electrons. The Labute approximate surface area is 127 Å². The maximum absolute atomic E-state index is 11.4. The van der Waals surface area contributed by atoms with Gasteiger partial charge in [0.15, 0.2) is 11.5 Å². The van der Waals surface area contributed by atoms with Gasteiger partial charge in [0, 0.05) is 11.0 Å². The van der Waals surface area contributed by atoms with Crippen LogP contribution < -0.4 is 20.5 Å². The lowest BCUT2D eigenvalue weighted by Gasteiger charge is -2.13. The number of nitrogens with two attached hydrogens (primary N) is 1. The van der Waals surface area contributed by atoms with Crippen LogP contribution in [0.2, 0.25) is 0 Å². The first-order valence-electron chi connectivity index (χ1n) is 5.43. The van der Waals surface area contributed by atoms with E-state index in [4.69, 9.17) is 15.2 Å². The number of carbonyl (C=O) groups excluding carboxylic acids is 1. The third-order valence-corrected chi connectivity index (χ3v) is 3.16. The van der Waals surface area contributed by atoms with E-state index in [2.05, 4.69) is 21.2 Å². The molecule has 5 nitrogen and oxygen atoms in total. The minimum absolute atomic E-state index is 0. The predicted molar refractivity (Wildman–Crippen MR) is 80.0 cm³/mol. The van der Waals surface area contributed by atoms with Gasteiger partial charge in [-0.15, -0.1) is 12.4 Å². The van der Waals surface area contributed by atoms with E-state index in [1.54, 1.807) is 27.2 Å². The number of amides is 1. The second kappa shape index (κ2) is 8.24. The first-order valence-corrected chi connectivity index (χ1v) is 6.22. The number of halogens is 2. The Balaban J connectivity index is 0.00000324. The van der Waals surface area contributed by atoms with Crippen molar-refractivity contribution in [3.05, 3.63) is 22.2 Å². The zero-order valence-electron chi connectivity index (χ0n) is 11.0. The molecular weight excluding hydrogens is 336 g/mol. The van der Waals surface area contributed by atoms with Crippen LogP contribution in [0.4, 0.5) is 0 Å². The number of carbonyl (C=O) groups is 1. The van der Waals surface area contributed by atoms with Gasteiger partial charge < -0.3 is 20.5 Å². The number of methoxy groups -OCH3 is 2. The Bertz CT molecular complexity index is 441. The fourth-order valence-electron chi connectivity index (χ4n) is 1.38. The molecule has 19 heavy (non-hydrogen) atoms. The number of ether oxygens (including phenoxy) is 2.